The Balaban J connectivity index is 1.91. The Kier molecular flexibility index (Phi) is 4.69. The van der Waals surface area contributed by atoms with E-state index in [9.17, 15) is 13.2 Å². The van der Waals surface area contributed by atoms with Crippen molar-refractivity contribution in [1.82, 2.24) is 9.71 Å². The van der Waals surface area contributed by atoms with Crippen LogP contribution in [0.1, 0.15) is 16.7 Å². The van der Waals surface area contributed by atoms with Crippen LogP contribution < -0.4 is 10.3 Å². The first-order valence-corrected chi connectivity index (χ1v) is 9.51. The van der Waals surface area contributed by atoms with E-state index < -0.39 is 10.0 Å². The molecule has 0 aliphatic heterocycles. The molecule has 3 aromatic rings. The minimum atomic E-state index is -3.72. The minimum absolute atomic E-state index is 0.0941. The van der Waals surface area contributed by atoms with Crippen LogP contribution >= 0.6 is 11.6 Å². The third-order valence-corrected chi connectivity index (χ3v) is 5.87. The maximum absolute atomic E-state index is 12.3. The number of benzene rings is 2. The van der Waals surface area contributed by atoms with Crippen LogP contribution in [0.25, 0.3) is 10.9 Å². The molecule has 0 saturated carbocycles. The van der Waals surface area contributed by atoms with Crippen LogP contribution in [-0.2, 0) is 16.6 Å². The van der Waals surface area contributed by atoms with E-state index in [1.165, 1.54) is 24.3 Å². The highest BCUT2D eigenvalue weighted by atomic mass is 35.5. The van der Waals surface area contributed by atoms with Crippen molar-refractivity contribution in [1.29, 1.82) is 0 Å². The fourth-order valence-electron chi connectivity index (χ4n) is 2.57. The Morgan fingerprint density at radius 2 is 1.76 bits per heavy atom. The maximum Gasteiger partial charge on any atom is 0.252 e. The normalized spacial score (nSPS) is 11.8. The van der Waals surface area contributed by atoms with E-state index in [-0.39, 0.29) is 17.0 Å². The molecule has 2 N–H and O–H groups in total. The fraction of sp³-hybridized carbons (Fsp3) is 0.167. The number of rotatable bonds is 4. The summed E-state index contributed by atoms with van der Waals surface area (Å²) in [7, 11) is -3.72. The Labute approximate surface area is 150 Å². The van der Waals surface area contributed by atoms with E-state index in [0.717, 1.165) is 22.0 Å². The first-order valence-electron chi connectivity index (χ1n) is 7.65. The molecule has 0 aliphatic rings. The number of sulfonamides is 1. The van der Waals surface area contributed by atoms with Crippen molar-refractivity contribution in [2.45, 2.75) is 25.3 Å². The standard InChI is InChI=1S/C18H17ClN2O3S/c1-11-3-4-13-9-14(18(22)21-17(13)12(11)2)10-20-25(23,24)16-7-5-15(19)6-8-16/h3-9,20H,10H2,1-2H3,(H,21,22). The molecule has 0 radical (unpaired) electrons. The zero-order valence-electron chi connectivity index (χ0n) is 13.8. The van der Waals surface area contributed by atoms with Crippen molar-refractivity contribution < 1.29 is 8.42 Å². The number of aromatic nitrogens is 1. The highest BCUT2D eigenvalue weighted by molar-refractivity contribution is 7.89. The summed E-state index contributed by atoms with van der Waals surface area (Å²) in [6.45, 7) is 3.82. The summed E-state index contributed by atoms with van der Waals surface area (Å²) in [6.07, 6.45) is 0. The fourth-order valence-corrected chi connectivity index (χ4v) is 3.70. The third kappa shape index (κ3) is 3.61. The van der Waals surface area contributed by atoms with Crippen LogP contribution in [0.4, 0.5) is 0 Å². The number of H-pyrrole nitrogens is 1. The van der Waals surface area contributed by atoms with Gasteiger partial charge in [-0.3, -0.25) is 4.79 Å². The van der Waals surface area contributed by atoms with Gasteiger partial charge in [-0.15, -0.1) is 0 Å². The van der Waals surface area contributed by atoms with E-state index in [4.69, 9.17) is 11.6 Å². The number of pyridine rings is 1. The lowest BCUT2D eigenvalue weighted by Crippen LogP contribution is -2.27. The maximum atomic E-state index is 12.3. The van der Waals surface area contributed by atoms with Gasteiger partial charge in [0.25, 0.3) is 5.56 Å². The largest absolute Gasteiger partial charge is 0.321 e. The predicted octanol–water partition coefficient (Wildman–Crippen LogP) is 3.28. The van der Waals surface area contributed by atoms with E-state index in [0.29, 0.717) is 10.6 Å². The number of fused-ring (bicyclic) bond motifs is 1. The Morgan fingerprint density at radius 1 is 1.08 bits per heavy atom. The summed E-state index contributed by atoms with van der Waals surface area (Å²) >= 11 is 5.77. The number of hydrogen-bond acceptors (Lipinski definition) is 3. The molecule has 2 aromatic carbocycles. The van der Waals surface area contributed by atoms with Crippen LogP contribution in [0.3, 0.4) is 0 Å². The van der Waals surface area contributed by atoms with E-state index in [1.807, 2.05) is 26.0 Å². The SMILES string of the molecule is Cc1ccc2cc(CNS(=O)(=O)c3ccc(Cl)cc3)c(=O)[nH]c2c1C. The average Bonchev–Trinajstić information content (AvgIpc) is 2.57. The lowest BCUT2D eigenvalue weighted by Gasteiger charge is -2.09. The Morgan fingerprint density at radius 3 is 2.44 bits per heavy atom. The van der Waals surface area contributed by atoms with E-state index in [1.54, 1.807) is 6.07 Å². The third-order valence-electron chi connectivity index (χ3n) is 4.20. The van der Waals surface area contributed by atoms with Gasteiger partial charge >= 0.3 is 0 Å². The molecule has 0 unspecified atom stereocenters. The molecule has 0 saturated heterocycles. The number of aromatic amines is 1. The van der Waals surface area contributed by atoms with Gasteiger partial charge in [-0.2, -0.15) is 0 Å². The van der Waals surface area contributed by atoms with Gasteiger partial charge in [0.05, 0.1) is 10.4 Å². The minimum Gasteiger partial charge on any atom is -0.321 e. The zero-order valence-corrected chi connectivity index (χ0v) is 15.3. The number of hydrogen-bond donors (Lipinski definition) is 2. The Bertz CT molecular complexity index is 1100. The topological polar surface area (TPSA) is 79.0 Å². The molecule has 0 amide bonds. The monoisotopic (exact) mass is 376 g/mol. The molecule has 5 nitrogen and oxygen atoms in total. The summed E-state index contributed by atoms with van der Waals surface area (Å²) in [5.74, 6) is 0. The highest BCUT2D eigenvalue weighted by Crippen LogP contribution is 2.19. The Hall–Kier alpha value is -2.15. The molecule has 0 spiro atoms. The van der Waals surface area contributed by atoms with Crippen LogP contribution in [0.5, 0.6) is 0 Å². The van der Waals surface area contributed by atoms with Gasteiger partial charge in [-0.1, -0.05) is 23.7 Å². The molecule has 1 heterocycles. The quantitative estimate of drug-likeness (QED) is 0.733. The van der Waals surface area contributed by atoms with E-state index in [2.05, 4.69) is 9.71 Å². The van der Waals surface area contributed by atoms with Crippen molar-refractivity contribution in [3.8, 4) is 0 Å². The van der Waals surface area contributed by atoms with Crippen LogP contribution in [-0.4, -0.2) is 13.4 Å². The van der Waals surface area contributed by atoms with Gasteiger partial charge in [0.15, 0.2) is 0 Å². The van der Waals surface area contributed by atoms with Gasteiger partial charge in [0, 0.05) is 17.1 Å². The highest BCUT2D eigenvalue weighted by Gasteiger charge is 2.15. The second-order valence-corrected chi connectivity index (χ2v) is 8.08. The van der Waals surface area contributed by atoms with Crippen molar-refractivity contribution in [3.63, 3.8) is 0 Å². The first kappa shape index (κ1) is 17.7. The molecule has 130 valence electrons. The summed E-state index contributed by atoms with van der Waals surface area (Å²) in [5.41, 5.74) is 2.91. The van der Waals surface area contributed by atoms with Crippen molar-refractivity contribution in [2.75, 3.05) is 0 Å². The van der Waals surface area contributed by atoms with Crippen LogP contribution in [0.2, 0.25) is 5.02 Å². The van der Waals surface area contributed by atoms with Crippen molar-refractivity contribution >= 4 is 32.5 Å². The molecule has 7 heteroatoms. The van der Waals surface area contributed by atoms with Gasteiger partial charge in [0.1, 0.15) is 0 Å². The molecule has 25 heavy (non-hydrogen) atoms. The van der Waals surface area contributed by atoms with Crippen LogP contribution in [0, 0.1) is 13.8 Å². The summed E-state index contributed by atoms with van der Waals surface area (Å²) in [6, 6.07) is 11.4. The number of nitrogens with one attached hydrogen (secondary N) is 2. The zero-order chi connectivity index (χ0) is 18.2. The van der Waals surface area contributed by atoms with Gasteiger partial charge < -0.3 is 4.98 Å². The lowest BCUT2D eigenvalue weighted by atomic mass is 10.0. The summed E-state index contributed by atoms with van der Waals surface area (Å²) in [5, 5.41) is 1.32. The lowest BCUT2D eigenvalue weighted by molar-refractivity contribution is 0.581. The summed E-state index contributed by atoms with van der Waals surface area (Å²) < 4.78 is 27.1. The van der Waals surface area contributed by atoms with E-state index >= 15 is 0 Å². The second-order valence-electron chi connectivity index (χ2n) is 5.87. The molecule has 0 bridgehead atoms. The molecule has 0 aliphatic carbocycles. The van der Waals surface area contributed by atoms with Crippen LogP contribution in [0.15, 0.2) is 52.2 Å². The molecular weight excluding hydrogens is 360 g/mol. The van der Waals surface area contributed by atoms with Gasteiger partial charge in [0.2, 0.25) is 10.0 Å². The van der Waals surface area contributed by atoms with Gasteiger partial charge in [-0.05, 0) is 60.7 Å². The molecule has 3 rings (SSSR count). The summed E-state index contributed by atoms with van der Waals surface area (Å²) in [4.78, 5) is 15.2. The molecule has 0 atom stereocenters. The second kappa shape index (κ2) is 6.63. The molecule has 0 fully saturated rings. The predicted molar refractivity (Wildman–Crippen MR) is 99.5 cm³/mol. The smallest absolute Gasteiger partial charge is 0.252 e. The molecular formula is C18H17ClN2O3S. The molecule has 1 aromatic heterocycles. The first-order chi connectivity index (χ1) is 11.8. The number of halogens is 1. The number of aryl methyl sites for hydroxylation is 2. The van der Waals surface area contributed by atoms with Crippen molar-refractivity contribution in [2.24, 2.45) is 0 Å². The van der Waals surface area contributed by atoms with Crippen molar-refractivity contribution in [3.05, 3.63) is 74.5 Å². The average molecular weight is 377 g/mol. The van der Waals surface area contributed by atoms with Gasteiger partial charge in [-0.25, -0.2) is 13.1 Å².